The molecule has 248 valence electrons. The zero-order valence-corrected chi connectivity index (χ0v) is 29.2. The molecule has 0 amide bonds. The molecule has 0 bridgehead atoms. The van der Waals surface area contributed by atoms with Gasteiger partial charge in [0.15, 0.2) is 0 Å². The van der Waals surface area contributed by atoms with Crippen LogP contribution in [0.15, 0.2) is 188 Å². The van der Waals surface area contributed by atoms with Gasteiger partial charge in [-0.2, -0.15) is 0 Å². The monoisotopic (exact) mass is 665 g/mol. The highest BCUT2D eigenvalue weighted by Gasteiger charge is 2.47. The van der Waals surface area contributed by atoms with E-state index in [1.165, 1.54) is 90.6 Å². The number of rotatable bonds is 6. The molecule has 0 aromatic heterocycles. The molecule has 0 unspecified atom stereocenters. The van der Waals surface area contributed by atoms with Crippen molar-refractivity contribution in [1.82, 2.24) is 0 Å². The smallest absolute Gasteiger partial charge is 0.0714 e. The molecule has 0 fully saturated rings. The molecule has 0 saturated heterocycles. The van der Waals surface area contributed by atoms with Crippen LogP contribution in [0, 0.1) is 0 Å². The summed E-state index contributed by atoms with van der Waals surface area (Å²) in [4.78, 5) is 2.53. The predicted molar refractivity (Wildman–Crippen MR) is 218 cm³/mol. The second-order valence-electron chi connectivity index (χ2n) is 14.3. The lowest BCUT2D eigenvalue weighted by atomic mass is 9.67. The quantitative estimate of drug-likeness (QED) is 0.171. The van der Waals surface area contributed by atoms with E-state index < -0.39 is 5.41 Å². The highest BCUT2D eigenvalue weighted by atomic mass is 15.1. The first-order valence-electron chi connectivity index (χ1n) is 18.7. The van der Waals surface area contributed by atoms with Crippen LogP contribution in [-0.4, -0.2) is 0 Å². The minimum atomic E-state index is -0.501. The van der Waals surface area contributed by atoms with Crippen molar-refractivity contribution >= 4 is 27.8 Å². The first-order chi connectivity index (χ1) is 25.8. The van der Waals surface area contributed by atoms with Gasteiger partial charge in [-0.05, 0) is 111 Å². The van der Waals surface area contributed by atoms with Crippen molar-refractivity contribution in [3.8, 4) is 22.3 Å². The molecule has 1 heteroatoms. The van der Waals surface area contributed by atoms with Gasteiger partial charge >= 0.3 is 0 Å². The van der Waals surface area contributed by atoms with Crippen LogP contribution in [0.4, 0.5) is 17.1 Å². The van der Waals surface area contributed by atoms with Crippen LogP contribution in [0.2, 0.25) is 0 Å². The van der Waals surface area contributed by atoms with Gasteiger partial charge in [-0.1, -0.05) is 158 Å². The number of benzene rings is 8. The Hall–Kier alpha value is -6.18. The van der Waals surface area contributed by atoms with Crippen molar-refractivity contribution in [2.45, 2.75) is 31.1 Å². The summed E-state index contributed by atoms with van der Waals surface area (Å²) in [6.45, 7) is 0. The number of fused-ring (bicyclic) bond motifs is 5. The van der Waals surface area contributed by atoms with Crippen LogP contribution in [0.5, 0.6) is 0 Å². The van der Waals surface area contributed by atoms with E-state index in [4.69, 9.17) is 0 Å². The summed E-state index contributed by atoms with van der Waals surface area (Å²) in [7, 11) is 0. The van der Waals surface area contributed by atoms with Crippen LogP contribution in [0.1, 0.15) is 46.2 Å². The fourth-order valence-corrected chi connectivity index (χ4v) is 9.30. The molecular formula is C51H39N. The molecule has 0 saturated carbocycles. The second-order valence-corrected chi connectivity index (χ2v) is 14.3. The van der Waals surface area contributed by atoms with E-state index in [9.17, 15) is 0 Å². The van der Waals surface area contributed by atoms with Crippen molar-refractivity contribution < 1.29 is 0 Å². The summed E-state index contributed by atoms with van der Waals surface area (Å²) in [5.41, 5.74) is 16.5. The van der Waals surface area contributed by atoms with Gasteiger partial charge in [0.2, 0.25) is 0 Å². The molecule has 10 rings (SSSR count). The number of hydrogen-bond donors (Lipinski definition) is 0. The molecule has 8 aromatic carbocycles. The zero-order valence-electron chi connectivity index (χ0n) is 29.2. The Kier molecular flexibility index (Phi) is 7.39. The first-order valence-corrected chi connectivity index (χ1v) is 18.7. The van der Waals surface area contributed by atoms with Crippen LogP contribution in [0.3, 0.4) is 0 Å². The van der Waals surface area contributed by atoms with Crippen LogP contribution in [0.25, 0.3) is 33.0 Å². The molecule has 0 radical (unpaired) electrons. The molecule has 0 spiro atoms. The Morgan fingerprint density at radius 2 is 1.02 bits per heavy atom. The largest absolute Gasteiger partial charge is 0.309 e. The maximum atomic E-state index is 2.56. The van der Waals surface area contributed by atoms with E-state index in [0.717, 1.165) is 18.5 Å². The third-order valence-electron chi connectivity index (χ3n) is 11.5. The van der Waals surface area contributed by atoms with Gasteiger partial charge in [0, 0.05) is 16.6 Å². The summed E-state index contributed by atoms with van der Waals surface area (Å²) >= 11 is 0. The van der Waals surface area contributed by atoms with E-state index in [1.54, 1.807) is 0 Å². The van der Waals surface area contributed by atoms with Crippen LogP contribution >= 0.6 is 0 Å². The minimum Gasteiger partial charge on any atom is -0.309 e. The average Bonchev–Trinajstić information content (AvgIpc) is 3.51. The average molecular weight is 666 g/mol. The van der Waals surface area contributed by atoms with Gasteiger partial charge in [0.1, 0.15) is 0 Å². The van der Waals surface area contributed by atoms with Gasteiger partial charge in [-0.25, -0.2) is 0 Å². The van der Waals surface area contributed by atoms with Crippen LogP contribution < -0.4 is 4.90 Å². The van der Waals surface area contributed by atoms with Crippen molar-refractivity contribution in [3.63, 3.8) is 0 Å². The molecule has 0 atom stereocenters. The lowest BCUT2D eigenvalue weighted by molar-refractivity contribution is 0.687. The maximum absolute atomic E-state index is 2.56. The van der Waals surface area contributed by atoms with E-state index in [0.29, 0.717) is 0 Å². The lowest BCUT2D eigenvalue weighted by Crippen LogP contribution is -2.28. The molecule has 1 nitrogen and oxygen atoms in total. The Labute approximate surface area is 306 Å². The Balaban J connectivity index is 1.38. The van der Waals surface area contributed by atoms with E-state index >= 15 is 0 Å². The molecule has 0 aliphatic heterocycles. The highest BCUT2D eigenvalue weighted by molar-refractivity contribution is 6.03. The first kappa shape index (κ1) is 30.6. The van der Waals surface area contributed by atoms with Crippen molar-refractivity contribution in [1.29, 1.82) is 0 Å². The standard InChI is InChI=1S/C51H39N/c1-4-22-38(23-5-1)51(39-24-6-2-7-25-39)47-32-15-14-30-44(47)45-34-46(43-31-16-20-36-18-10-12-28-41(36)43)50(35-48(45)51)52(40-26-8-3-9-27-40)49-33-17-21-37-19-11-13-29-42(37)49/h1-9,11,13-17,19-27,29-35H,10,12,18,28H2. The number of aryl methyl sites for hydroxylation is 1. The van der Waals surface area contributed by atoms with Gasteiger partial charge < -0.3 is 4.90 Å². The Bertz CT molecular complexity index is 2520. The molecule has 2 aliphatic carbocycles. The lowest BCUT2D eigenvalue weighted by Gasteiger charge is -2.36. The fourth-order valence-electron chi connectivity index (χ4n) is 9.30. The summed E-state index contributed by atoms with van der Waals surface area (Å²) in [5, 5.41) is 2.46. The molecular weight excluding hydrogens is 627 g/mol. The normalized spacial score (nSPS) is 14.0. The molecule has 8 aromatic rings. The third kappa shape index (κ3) is 4.69. The Morgan fingerprint density at radius 3 is 1.81 bits per heavy atom. The highest BCUT2D eigenvalue weighted by Crippen LogP contribution is 2.59. The number of nitrogens with zero attached hydrogens (tertiary/aromatic N) is 1. The van der Waals surface area contributed by atoms with Gasteiger partial charge in [0.25, 0.3) is 0 Å². The number of para-hydroxylation sites is 1. The SMILES string of the molecule is c1ccc(N(c2cc3c(cc2-c2cccc4c2CCCC4)-c2ccccc2C3(c2ccccc2)c2ccccc2)c2cccc3ccccc23)cc1. The summed E-state index contributed by atoms with van der Waals surface area (Å²) in [6.07, 6.45) is 4.73. The van der Waals surface area contributed by atoms with Crippen LogP contribution in [-0.2, 0) is 18.3 Å². The van der Waals surface area contributed by atoms with Gasteiger partial charge in [-0.3, -0.25) is 0 Å². The van der Waals surface area contributed by atoms with Crippen molar-refractivity contribution in [3.05, 3.63) is 221 Å². The van der Waals surface area contributed by atoms with Gasteiger partial charge in [0.05, 0.1) is 16.8 Å². The fraction of sp³-hybridized carbons (Fsp3) is 0.0980. The molecule has 52 heavy (non-hydrogen) atoms. The molecule has 2 aliphatic rings. The zero-order chi connectivity index (χ0) is 34.5. The third-order valence-corrected chi connectivity index (χ3v) is 11.5. The molecule has 0 heterocycles. The molecule has 0 N–H and O–H groups in total. The van der Waals surface area contributed by atoms with Gasteiger partial charge in [-0.15, -0.1) is 0 Å². The second kappa shape index (κ2) is 12.5. The van der Waals surface area contributed by atoms with E-state index in [-0.39, 0.29) is 0 Å². The Morgan fingerprint density at radius 1 is 0.404 bits per heavy atom. The summed E-state index contributed by atoms with van der Waals surface area (Å²) < 4.78 is 0. The predicted octanol–water partition coefficient (Wildman–Crippen LogP) is 13.2. The number of hydrogen-bond acceptors (Lipinski definition) is 1. The van der Waals surface area contributed by atoms with Crippen molar-refractivity contribution in [2.75, 3.05) is 4.90 Å². The van der Waals surface area contributed by atoms with E-state index in [2.05, 4.69) is 193 Å². The van der Waals surface area contributed by atoms with Crippen molar-refractivity contribution in [2.24, 2.45) is 0 Å². The van der Waals surface area contributed by atoms with E-state index in [1.807, 2.05) is 0 Å². The summed E-state index contributed by atoms with van der Waals surface area (Å²) in [5.74, 6) is 0. The maximum Gasteiger partial charge on any atom is 0.0714 e. The summed E-state index contributed by atoms with van der Waals surface area (Å²) in [6, 6.07) is 70.1. The minimum absolute atomic E-state index is 0.501. The number of anilines is 3. The topological polar surface area (TPSA) is 3.24 Å².